The minimum Gasteiger partial charge on any atom is -0.344 e. The second kappa shape index (κ2) is 2.81. The summed E-state index contributed by atoms with van der Waals surface area (Å²) in [6.07, 6.45) is 4.37. The summed E-state index contributed by atoms with van der Waals surface area (Å²) < 4.78 is 0. The zero-order valence-corrected chi connectivity index (χ0v) is 10.2. The van der Waals surface area contributed by atoms with Gasteiger partial charge in [0.2, 0.25) is 0 Å². The summed E-state index contributed by atoms with van der Waals surface area (Å²) in [5, 5.41) is 0. The van der Waals surface area contributed by atoms with Crippen molar-refractivity contribution in [1.82, 2.24) is 9.97 Å². The van der Waals surface area contributed by atoms with E-state index in [1.807, 2.05) is 0 Å². The average Bonchev–Trinajstić information content (AvgIpc) is 2.74. The molecular weight excluding hydrogens is 208 g/mol. The summed E-state index contributed by atoms with van der Waals surface area (Å²) in [7, 11) is 0. The lowest BCUT2D eigenvalue weighted by Gasteiger charge is -2.47. The van der Waals surface area contributed by atoms with Gasteiger partial charge >= 0.3 is 0 Å². The van der Waals surface area contributed by atoms with E-state index >= 15 is 0 Å². The first-order chi connectivity index (χ1) is 8.18. The number of benzene rings is 1. The Balaban J connectivity index is 2.07. The van der Waals surface area contributed by atoms with Gasteiger partial charge in [0.15, 0.2) is 0 Å². The molecule has 2 nitrogen and oxygen atoms in total. The maximum Gasteiger partial charge on any atom is 0.137 e. The molecule has 0 saturated carbocycles. The number of fused-ring (bicyclic) bond motifs is 3. The van der Waals surface area contributed by atoms with E-state index in [1.165, 1.54) is 28.8 Å². The molecule has 1 aliphatic heterocycles. The lowest BCUT2D eigenvalue weighted by molar-refractivity contribution is 0.270. The Morgan fingerprint density at radius 3 is 3.18 bits per heavy atom. The third-order valence-electron chi connectivity index (χ3n) is 4.77. The highest BCUT2D eigenvalue weighted by Crippen LogP contribution is 2.51. The van der Waals surface area contributed by atoms with Crippen LogP contribution >= 0.6 is 0 Å². The van der Waals surface area contributed by atoms with Crippen LogP contribution in [0, 0.1) is 5.92 Å². The molecule has 2 atom stereocenters. The van der Waals surface area contributed by atoms with E-state index in [2.05, 4.69) is 43.2 Å². The molecule has 1 N–H and O–H groups in total. The van der Waals surface area contributed by atoms with Gasteiger partial charge in [-0.2, -0.15) is 0 Å². The molecule has 2 aromatic rings. The van der Waals surface area contributed by atoms with Crippen LogP contribution in [0.4, 0.5) is 0 Å². The third kappa shape index (κ3) is 1.03. The molecule has 1 aromatic carbocycles. The summed E-state index contributed by atoms with van der Waals surface area (Å²) in [5.41, 5.74) is 5.91. The molecule has 2 bridgehead atoms. The van der Waals surface area contributed by atoms with E-state index in [4.69, 9.17) is 4.98 Å². The highest BCUT2D eigenvalue weighted by atomic mass is 14.9. The van der Waals surface area contributed by atoms with E-state index in [0.717, 1.165) is 12.2 Å². The van der Waals surface area contributed by atoms with Gasteiger partial charge in [-0.05, 0) is 29.9 Å². The van der Waals surface area contributed by atoms with E-state index in [0.29, 0.717) is 11.3 Å². The van der Waals surface area contributed by atoms with Gasteiger partial charge in [-0.3, -0.25) is 0 Å². The molecule has 0 amide bonds. The molecule has 0 fully saturated rings. The number of hydrogen-bond acceptors (Lipinski definition) is 1. The van der Waals surface area contributed by atoms with Crippen molar-refractivity contribution < 1.29 is 0 Å². The van der Waals surface area contributed by atoms with Crippen LogP contribution in [0.5, 0.6) is 0 Å². The summed E-state index contributed by atoms with van der Waals surface area (Å²) in [6, 6.07) is 6.62. The highest BCUT2D eigenvalue weighted by Gasteiger charge is 2.45. The van der Waals surface area contributed by atoms with Crippen LogP contribution in [0.25, 0.3) is 11.4 Å². The van der Waals surface area contributed by atoms with Gasteiger partial charge in [0.25, 0.3) is 0 Å². The first kappa shape index (κ1) is 9.46. The lowest BCUT2D eigenvalue weighted by atomic mass is 9.56. The molecule has 17 heavy (non-hydrogen) atoms. The summed E-state index contributed by atoms with van der Waals surface area (Å²) in [4.78, 5) is 8.03. The minimum atomic E-state index is 0.345. The van der Waals surface area contributed by atoms with Gasteiger partial charge in [0.1, 0.15) is 5.82 Å². The predicted octanol–water partition coefficient (Wildman–Crippen LogP) is 3.08. The van der Waals surface area contributed by atoms with E-state index in [1.54, 1.807) is 0 Å². The number of aromatic nitrogens is 2. The van der Waals surface area contributed by atoms with Gasteiger partial charge in [-0.25, -0.2) is 4.98 Å². The van der Waals surface area contributed by atoms with Crippen molar-refractivity contribution >= 4 is 0 Å². The van der Waals surface area contributed by atoms with Gasteiger partial charge in [-0.15, -0.1) is 0 Å². The maximum atomic E-state index is 4.70. The highest BCUT2D eigenvalue weighted by molar-refractivity contribution is 5.69. The van der Waals surface area contributed by atoms with Crippen LogP contribution in [0.3, 0.4) is 0 Å². The van der Waals surface area contributed by atoms with Crippen molar-refractivity contribution in [1.29, 1.82) is 0 Å². The number of rotatable bonds is 0. The lowest BCUT2D eigenvalue weighted by Crippen LogP contribution is -2.43. The van der Waals surface area contributed by atoms with E-state index < -0.39 is 0 Å². The average molecular weight is 224 g/mol. The Morgan fingerprint density at radius 1 is 1.41 bits per heavy atom. The molecule has 86 valence electrons. The Bertz CT molecular complexity index is 611. The first-order valence-electron chi connectivity index (χ1n) is 6.35. The van der Waals surface area contributed by atoms with Gasteiger partial charge in [-0.1, -0.05) is 32.0 Å². The van der Waals surface area contributed by atoms with Crippen molar-refractivity contribution in [3.63, 3.8) is 0 Å². The molecule has 0 radical (unpaired) electrons. The summed E-state index contributed by atoms with van der Waals surface area (Å²) >= 11 is 0. The van der Waals surface area contributed by atoms with Crippen molar-refractivity contribution in [2.75, 3.05) is 0 Å². The monoisotopic (exact) mass is 224 g/mol. The Labute approximate surface area is 101 Å². The van der Waals surface area contributed by atoms with Crippen molar-refractivity contribution in [3.05, 3.63) is 41.2 Å². The van der Waals surface area contributed by atoms with Gasteiger partial charge in [0.05, 0.1) is 5.69 Å². The normalized spacial score (nSPS) is 28.9. The molecule has 2 aliphatic rings. The molecule has 2 unspecified atom stereocenters. The van der Waals surface area contributed by atoms with Crippen molar-refractivity contribution in [3.8, 4) is 11.4 Å². The molecular formula is C15H16N2. The maximum absolute atomic E-state index is 4.70. The largest absolute Gasteiger partial charge is 0.344 e. The third-order valence-corrected chi connectivity index (χ3v) is 4.77. The topological polar surface area (TPSA) is 28.7 Å². The van der Waals surface area contributed by atoms with Gasteiger partial charge in [0, 0.05) is 17.2 Å². The number of aromatic amines is 1. The van der Waals surface area contributed by atoms with E-state index in [9.17, 15) is 0 Å². The van der Waals surface area contributed by atoms with Gasteiger partial charge < -0.3 is 4.98 Å². The Morgan fingerprint density at radius 2 is 2.29 bits per heavy atom. The molecule has 2 heterocycles. The first-order valence-corrected chi connectivity index (χ1v) is 6.35. The second-order valence-corrected chi connectivity index (χ2v) is 5.78. The van der Waals surface area contributed by atoms with Crippen LogP contribution in [-0.2, 0) is 18.3 Å². The summed E-state index contributed by atoms with van der Waals surface area (Å²) in [6.45, 7) is 4.77. The molecule has 4 rings (SSSR count). The number of hydrogen-bond donors (Lipinski definition) is 1. The Hall–Kier alpha value is -1.57. The number of nitrogens with zero attached hydrogens (tertiary/aromatic N) is 1. The van der Waals surface area contributed by atoms with E-state index in [-0.39, 0.29) is 0 Å². The Kier molecular flexibility index (Phi) is 1.56. The molecule has 2 heteroatoms. The molecule has 1 aromatic heterocycles. The fraction of sp³-hybridized carbons (Fsp3) is 0.400. The number of imidazole rings is 1. The molecule has 0 saturated heterocycles. The minimum absolute atomic E-state index is 0.345. The smallest absolute Gasteiger partial charge is 0.137 e. The molecule has 1 aliphatic carbocycles. The quantitative estimate of drug-likeness (QED) is 0.732. The predicted molar refractivity (Wildman–Crippen MR) is 67.9 cm³/mol. The van der Waals surface area contributed by atoms with Crippen LogP contribution in [0.2, 0.25) is 0 Å². The van der Waals surface area contributed by atoms with Crippen LogP contribution in [-0.4, -0.2) is 9.97 Å². The standard InChI is InChI=1S/C15H16N2/c1-9-6-11-8-16-14(17-11)12-5-3-4-10-7-15(9,2)13(10)12/h3-5,8-9H,6-7H2,1-2H3,(H,16,17). The number of H-pyrrole nitrogens is 1. The SMILES string of the molecule is CC1Cc2c[nH]c(n2)-c2cccc3c2C1(C)C3. The number of nitrogens with one attached hydrogen (secondary N) is 1. The second-order valence-electron chi connectivity index (χ2n) is 5.78. The molecule has 0 spiro atoms. The zero-order valence-electron chi connectivity index (χ0n) is 10.2. The van der Waals surface area contributed by atoms with Crippen LogP contribution in [0.15, 0.2) is 24.4 Å². The van der Waals surface area contributed by atoms with Crippen LogP contribution in [0.1, 0.15) is 30.7 Å². The summed E-state index contributed by atoms with van der Waals surface area (Å²) in [5.74, 6) is 1.71. The van der Waals surface area contributed by atoms with Crippen LogP contribution < -0.4 is 0 Å². The fourth-order valence-electron chi connectivity index (χ4n) is 3.56. The van der Waals surface area contributed by atoms with Crippen molar-refractivity contribution in [2.24, 2.45) is 5.92 Å². The fourth-order valence-corrected chi connectivity index (χ4v) is 3.56. The zero-order chi connectivity index (χ0) is 11.6. The van der Waals surface area contributed by atoms with Crippen molar-refractivity contribution in [2.45, 2.75) is 32.1 Å².